The molecule has 247 valence electrons. The fourth-order valence-electron chi connectivity index (χ4n) is 6.55. The van der Waals surface area contributed by atoms with E-state index in [4.69, 9.17) is 7.85 Å². The molecule has 0 saturated carbocycles. The van der Waals surface area contributed by atoms with E-state index in [2.05, 4.69) is 27.7 Å². The zero-order valence-electron chi connectivity index (χ0n) is 28.6. The van der Waals surface area contributed by atoms with E-state index >= 15 is 0 Å². The molecule has 0 amide bonds. The van der Waals surface area contributed by atoms with E-state index in [1.165, 1.54) is 118 Å². The molecule has 0 aliphatic carbocycles. The van der Waals surface area contributed by atoms with Gasteiger partial charge in [-0.1, -0.05) is 109 Å². The first kappa shape index (κ1) is 38.7. The number of quaternary nitrogens is 1. The van der Waals surface area contributed by atoms with Crippen LogP contribution in [0.5, 0.6) is 0 Å². The Morgan fingerprint density at radius 1 is 0.511 bits per heavy atom. The molecular weight excluding hydrogens is 562 g/mol. The third-order valence-electron chi connectivity index (χ3n) is 9.15. The number of halogens is 3. The Hall–Kier alpha value is -2.53. The fourth-order valence-corrected chi connectivity index (χ4v) is 6.55. The van der Waals surface area contributed by atoms with Gasteiger partial charge in [0.25, 0.3) is 0 Å². The first-order valence-electron chi connectivity index (χ1n) is 17.6. The Morgan fingerprint density at radius 3 is 1.16 bits per heavy atom. The van der Waals surface area contributed by atoms with Gasteiger partial charge in [0.15, 0.2) is 0 Å². The predicted molar refractivity (Wildman–Crippen MR) is 187 cm³/mol. The van der Waals surface area contributed by atoms with Crippen LogP contribution in [0.1, 0.15) is 121 Å². The first-order valence-corrected chi connectivity index (χ1v) is 17.6. The highest BCUT2D eigenvalue weighted by Crippen LogP contribution is 2.44. The van der Waals surface area contributed by atoms with Gasteiger partial charge < -0.3 is 12.3 Å². The van der Waals surface area contributed by atoms with Gasteiger partial charge in [0, 0.05) is 5.41 Å². The van der Waals surface area contributed by atoms with Gasteiger partial charge in [0.1, 0.15) is 17.5 Å². The van der Waals surface area contributed by atoms with Crippen molar-refractivity contribution in [1.82, 2.24) is 0 Å². The molecule has 3 aromatic rings. The van der Waals surface area contributed by atoms with Crippen LogP contribution in [0.25, 0.3) is 0 Å². The number of hydrogen-bond acceptors (Lipinski definition) is 0. The van der Waals surface area contributed by atoms with Crippen LogP contribution in [0.2, 0.25) is 6.32 Å². The summed E-state index contributed by atoms with van der Waals surface area (Å²) >= 11 is 0. The van der Waals surface area contributed by atoms with Crippen molar-refractivity contribution in [1.29, 1.82) is 0 Å². The van der Waals surface area contributed by atoms with Crippen molar-refractivity contribution >= 4 is 7.85 Å². The molecule has 3 rings (SSSR count). The van der Waals surface area contributed by atoms with Crippen molar-refractivity contribution in [3.8, 4) is 0 Å². The summed E-state index contributed by atoms with van der Waals surface area (Å²) in [5.74, 6) is -1.13. The van der Waals surface area contributed by atoms with Crippen molar-refractivity contribution in [2.45, 2.75) is 116 Å². The maximum Gasteiger partial charge on any atom is 0.123 e. The second kappa shape index (κ2) is 21.3. The highest BCUT2D eigenvalue weighted by molar-refractivity contribution is 6.08. The third-order valence-corrected chi connectivity index (χ3v) is 9.15. The molecule has 0 heterocycles. The molecular formula is C40H58BF3N. The molecule has 0 fully saturated rings. The van der Waals surface area contributed by atoms with Gasteiger partial charge in [0.05, 0.1) is 26.2 Å². The third kappa shape index (κ3) is 12.3. The van der Waals surface area contributed by atoms with Gasteiger partial charge in [-0.05, 0) is 85.2 Å². The van der Waals surface area contributed by atoms with Crippen LogP contribution in [0.3, 0.4) is 0 Å². The summed E-state index contributed by atoms with van der Waals surface area (Å²) in [4.78, 5) is 0. The Bertz CT molecular complexity index is 1060. The van der Waals surface area contributed by atoms with Crippen molar-refractivity contribution < 1.29 is 17.7 Å². The Kier molecular flexibility index (Phi) is 18.3. The molecule has 0 N–H and O–H groups in total. The number of hydrogen-bond donors (Lipinski definition) is 0. The molecule has 0 atom stereocenters. The first-order chi connectivity index (χ1) is 21.8. The van der Waals surface area contributed by atoms with Crippen LogP contribution in [0.15, 0.2) is 72.8 Å². The van der Waals surface area contributed by atoms with E-state index in [-0.39, 0.29) is 17.5 Å². The Labute approximate surface area is 274 Å². The van der Waals surface area contributed by atoms with E-state index in [0.29, 0.717) is 29.4 Å². The highest BCUT2D eigenvalue weighted by atomic mass is 19.1. The number of nitrogens with zero attached hydrogens (tertiary/aromatic N) is 1. The average Bonchev–Trinajstić information content (AvgIpc) is 3.04. The largest absolute Gasteiger partial charge is 0.626 e. The van der Waals surface area contributed by atoms with E-state index < -0.39 is 5.41 Å². The topological polar surface area (TPSA) is 0 Å². The van der Waals surface area contributed by atoms with Crippen molar-refractivity contribution in [2.75, 3.05) is 26.2 Å². The molecule has 0 bridgehead atoms. The average molecular weight is 621 g/mol. The lowest BCUT2D eigenvalue weighted by Crippen LogP contribution is -2.50. The molecule has 0 unspecified atom stereocenters. The number of rotatable bonds is 20. The van der Waals surface area contributed by atoms with Crippen molar-refractivity contribution in [2.24, 2.45) is 0 Å². The highest BCUT2D eigenvalue weighted by Gasteiger charge is 2.36. The van der Waals surface area contributed by atoms with Crippen LogP contribution in [0.4, 0.5) is 13.2 Å². The zero-order valence-corrected chi connectivity index (χ0v) is 28.6. The van der Waals surface area contributed by atoms with Gasteiger partial charge in [-0.25, -0.2) is 13.2 Å². The predicted octanol–water partition coefficient (Wildman–Crippen LogP) is 11.6. The minimum Gasteiger partial charge on any atom is -0.626 e. The summed E-state index contributed by atoms with van der Waals surface area (Å²) in [6.45, 7) is 15.0. The summed E-state index contributed by atoms with van der Waals surface area (Å²) in [6.07, 6.45) is 14.8. The summed E-state index contributed by atoms with van der Waals surface area (Å²) in [7, 11) is 5.62. The molecule has 0 aliphatic heterocycles. The van der Waals surface area contributed by atoms with Crippen LogP contribution in [-0.4, -0.2) is 38.5 Å². The monoisotopic (exact) mass is 620 g/mol. The Balaban J connectivity index is 0.000000358. The fraction of sp³-hybridized carbons (Fsp3) is 0.550. The molecule has 3 aromatic carbocycles. The summed E-state index contributed by atoms with van der Waals surface area (Å²) in [5, 5.41) is 0. The minimum atomic E-state index is -0.860. The maximum absolute atomic E-state index is 14.2. The van der Waals surface area contributed by atoms with E-state index in [9.17, 15) is 13.2 Å². The number of unbranched alkanes of at least 4 members (excludes halogenated alkanes) is 6. The number of benzene rings is 3. The minimum absolute atomic E-state index is 0.378. The maximum atomic E-state index is 14.2. The molecule has 0 spiro atoms. The van der Waals surface area contributed by atoms with Gasteiger partial charge in [-0.15, -0.1) is 0 Å². The van der Waals surface area contributed by atoms with Gasteiger partial charge in [-0.3, -0.25) is 6.32 Å². The molecule has 3 radical (unpaired) electrons. The van der Waals surface area contributed by atoms with Gasteiger partial charge >= 0.3 is 0 Å². The second-order valence-corrected chi connectivity index (χ2v) is 12.7. The van der Waals surface area contributed by atoms with Crippen LogP contribution < -0.4 is 0 Å². The normalized spacial score (nSPS) is 11.7. The lowest BCUT2D eigenvalue weighted by atomic mass is 9.66. The van der Waals surface area contributed by atoms with Crippen LogP contribution in [-0.2, 0) is 5.41 Å². The lowest BCUT2D eigenvalue weighted by Gasteiger charge is -2.39. The summed E-state index contributed by atoms with van der Waals surface area (Å²) in [5.41, 5.74) is 1.17. The lowest BCUT2D eigenvalue weighted by molar-refractivity contribution is -0.929. The molecule has 5 heteroatoms. The second-order valence-electron chi connectivity index (χ2n) is 12.7. The SMILES string of the molecule is CCCC[N+](CCCC)(CCCC)CCCC.[B-]CCCCCC(c1cccc(F)c1)(c1cccc(F)c1)c1cccc(F)c1. The zero-order chi connectivity index (χ0) is 33.0. The molecule has 0 aliphatic rings. The van der Waals surface area contributed by atoms with Crippen molar-refractivity contribution in [3.05, 3.63) is 107 Å². The molecule has 1 nitrogen and oxygen atoms in total. The summed E-state index contributed by atoms with van der Waals surface area (Å²) in [6, 6.07) is 18.9. The van der Waals surface area contributed by atoms with E-state index in [1.807, 2.05) is 18.2 Å². The van der Waals surface area contributed by atoms with Crippen LogP contribution in [0, 0.1) is 17.5 Å². The van der Waals surface area contributed by atoms with E-state index in [1.54, 1.807) is 18.2 Å². The summed E-state index contributed by atoms with van der Waals surface area (Å²) < 4.78 is 43.9. The quantitative estimate of drug-likeness (QED) is 0.0510. The molecule has 0 aromatic heterocycles. The smallest absolute Gasteiger partial charge is 0.123 e. The molecule has 0 saturated heterocycles. The van der Waals surface area contributed by atoms with Gasteiger partial charge in [0.2, 0.25) is 0 Å². The van der Waals surface area contributed by atoms with Crippen molar-refractivity contribution in [3.63, 3.8) is 0 Å². The standard InChI is InChI=1S/C24H22BF3.C16H36N/c25-14-3-1-2-13-24(18-7-4-10-21(26)15-18,19-8-5-11-22(27)16-19)20-9-6-12-23(28)17-20;1-5-9-13-17(14-10-6-2,15-11-7-3)16-12-8-4/h4-12,15-17H,1-3,13-14H2;5-16H2,1-4H3/q-1;+1. The van der Waals surface area contributed by atoms with Crippen LogP contribution >= 0.6 is 0 Å². The van der Waals surface area contributed by atoms with E-state index in [0.717, 1.165) is 19.3 Å². The van der Waals surface area contributed by atoms with Gasteiger partial charge in [-0.2, -0.15) is 0 Å². The Morgan fingerprint density at radius 2 is 0.867 bits per heavy atom. The molecule has 45 heavy (non-hydrogen) atoms.